The molecule has 1 aliphatic carbocycles. The Morgan fingerprint density at radius 3 is 2.35 bits per heavy atom. The Morgan fingerprint density at radius 2 is 1.77 bits per heavy atom. The van der Waals surface area contributed by atoms with E-state index in [1.165, 1.54) is 31.4 Å². The van der Waals surface area contributed by atoms with Crippen molar-refractivity contribution in [2.24, 2.45) is 11.1 Å². The summed E-state index contributed by atoms with van der Waals surface area (Å²) in [6.45, 7) is 2.07. The van der Waals surface area contributed by atoms with Crippen LogP contribution in [-0.2, 0) is 4.79 Å². The highest BCUT2D eigenvalue weighted by Gasteiger charge is 2.35. The molecular formula is C20H30ClFN2O2. The molecule has 2 fully saturated rings. The summed E-state index contributed by atoms with van der Waals surface area (Å²) in [4.78, 5) is 14.7. The maximum atomic E-state index is 12.9. The fraction of sp³-hybridized carbons (Fsp3) is 0.650. The van der Waals surface area contributed by atoms with Crippen LogP contribution < -0.4 is 10.5 Å². The van der Waals surface area contributed by atoms with Gasteiger partial charge in [-0.15, -0.1) is 12.4 Å². The number of ether oxygens (including phenoxy) is 1. The molecule has 26 heavy (non-hydrogen) atoms. The van der Waals surface area contributed by atoms with E-state index in [4.69, 9.17) is 10.5 Å². The lowest BCUT2D eigenvalue weighted by molar-refractivity contribution is -0.136. The molecule has 1 saturated carbocycles. The topological polar surface area (TPSA) is 55.6 Å². The molecule has 6 heteroatoms. The van der Waals surface area contributed by atoms with Gasteiger partial charge in [0.25, 0.3) is 0 Å². The molecule has 2 aliphatic rings. The van der Waals surface area contributed by atoms with Crippen molar-refractivity contribution in [1.82, 2.24) is 4.90 Å². The summed E-state index contributed by atoms with van der Waals surface area (Å²) in [6.07, 6.45) is 8.13. The minimum atomic E-state index is -0.260. The van der Waals surface area contributed by atoms with Crippen LogP contribution in [0.3, 0.4) is 0 Å². The van der Waals surface area contributed by atoms with Crippen molar-refractivity contribution in [1.29, 1.82) is 0 Å². The van der Waals surface area contributed by atoms with E-state index in [1.54, 1.807) is 12.1 Å². The first kappa shape index (κ1) is 21.0. The Morgan fingerprint density at radius 1 is 1.15 bits per heavy atom. The van der Waals surface area contributed by atoms with Crippen LogP contribution >= 0.6 is 12.4 Å². The third kappa shape index (κ3) is 5.34. The normalized spacial score (nSPS) is 20.3. The van der Waals surface area contributed by atoms with Gasteiger partial charge in [-0.1, -0.05) is 19.3 Å². The van der Waals surface area contributed by atoms with Gasteiger partial charge in [-0.05, 0) is 49.1 Å². The third-order valence-electron chi connectivity index (χ3n) is 5.78. The van der Waals surface area contributed by atoms with Crippen LogP contribution in [0.4, 0.5) is 4.39 Å². The molecule has 0 atom stereocenters. The van der Waals surface area contributed by atoms with Crippen molar-refractivity contribution in [2.45, 2.75) is 57.5 Å². The lowest BCUT2D eigenvalue weighted by Crippen LogP contribution is -2.45. The van der Waals surface area contributed by atoms with Crippen molar-refractivity contribution in [3.8, 4) is 5.75 Å². The monoisotopic (exact) mass is 384 g/mol. The average Bonchev–Trinajstić information content (AvgIpc) is 2.65. The van der Waals surface area contributed by atoms with Gasteiger partial charge in [0.05, 0.1) is 0 Å². The summed E-state index contributed by atoms with van der Waals surface area (Å²) >= 11 is 0. The SMILES string of the molecule is Cl.NCC1(CC(=O)N2CCC(Oc3ccc(F)cc3)CC2)CCCCC1. The van der Waals surface area contributed by atoms with E-state index >= 15 is 0 Å². The van der Waals surface area contributed by atoms with E-state index in [-0.39, 0.29) is 35.7 Å². The summed E-state index contributed by atoms with van der Waals surface area (Å²) in [5, 5.41) is 0. The van der Waals surface area contributed by atoms with Gasteiger partial charge < -0.3 is 15.4 Å². The molecule has 1 aromatic rings. The fourth-order valence-corrected chi connectivity index (χ4v) is 4.12. The van der Waals surface area contributed by atoms with Crippen molar-refractivity contribution in [3.63, 3.8) is 0 Å². The Labute approximate surface area is 161 Å². The number of nitrogens with two attached hydrogens (primary N) is 1. The molecule has 1 aromatic carbocycles. The number of likely N-dealkylation sites (tertiary alicyclic amines) is 1. The van der Waals surface area contributed by atoms with E-state index in [2.05, 4.69) is 0 Å². The number of halogens is 2. The number of hydrogen-bond donors (Lipinski definition) is 1. The number of hydrogen-bond acceptors (Lipinski definition) is 3. The van der Waals surface area contributed by atoms with Crippen molar-refractivity contribution in [3.05, 3.63) is 30.1 Å². The zero-order valence-corrected chi connectivity index (χ0v) is 16.1. The van der Waals surface area contributed by atoms with Gasteiger partial charge in [0.15, 0.2) is 0 Å². The van der Waals surface area contributed by atoms with Gasteiger partial charge in [0.1, 0.15) is 17.7 Å². The van der Waals surface area contributed by atoms with Crippen molar-refractivity contribution >= 4 is 18.3 Å². The smallest absolute Gasteiger partial charge is 0.223 e. The first-order valence-corrected chi connectivity index (χ1v) is 9.50. The fourth-order valence-electron chi connectivity index (χ4n) is 4.12. The molecule has 4 nitrogen and oxygen atoms in total. The summed E-state index contributed by atoms with van der Waals surface area (Å²) in [7, 11) is 0. The van der Waals surface area contributed by atoms with Crippen LogP contribution in [-0.4, -0.2) is 36.5 Å². The molecule has 3 rings (SSSR count). The lowest BCUT2D eigenvalue weighted by atomic mass is 9.71. The van der Waals surface area contributed by atoms with Gasteiger partial charge in [0, 0.05) is 32.4 Å². The maximum absolute atomic E-state index is 12.9. The molecule has 1 aliphatic heterocycles. The predicted octanol–water partition coefficient (Wildman–Crippen LogP) is 3.92. The molecule has 0 radical (unpaired) electrons. The second-order valence-electron chi connectivity index (χ2n) is 7.59. The number of carbonyl (C=O) groups excluding carboxylic acids is 1. The molecule has 1 saturated heterocycles. The molecule has 2 N–H and O–H groups in total. The number of carbonyl (C=O) groups is 1. The molecule has 0 aromatic heterocycles. The first-order chi connectivity index (χ1) is 12.1. The second kappa shape index (κ2) is 9.56. The quantitative estimate of drug-likeness (QED) is 0.837. The molecular weight excluding hydrogens is 355 g/mol. The van der Waals surface area contributed by atoms with E-state index in [0.717, 1.165) is 38.8 Å². The van der Waals surface area contributed by atoms with Gasteiger partial charge in [0.2, 0.25) is 5.91 Å². The molecule has 146 valence electrons. The van der Waals surface area contributed by atoms with Crippen LogP contribution in [0.25, 0.3) is 0 Å². The largest absolute Gasteiger partial charge is 0.490 e. The maximum Gasteiger partial charge on any atom is 0.223 e. The lowest BCUT2D eigenvalue weighted by Gasteiger charge is -2.39. The zero-order valence-electron chi connectivity index (χ0n) is 15.3. The van der Waals surface area contributed by atoms with E-state index in [9.17, 15) is 9.18 Å². The summed E-state index contributed by atoms with van der Waals surface area (Å²) in [5.41, 5.74) is 6.04. The molecule has 0 bridgehead atoms. The van der Waals surface area contributed by atoms with Crippen molar-refractivity contribution < 1.29 is 13.9 Å². The van der Waals surface area contributed by atoms with Crippen molar-refractivity contribution in [2.75, 3.05) is 19.6 Å². The average molecular weight is 385 g/mol. The molecule has 0 spiro atoms. The minimum Gasteiger partial charge on any atom is -0.490 e. The number of piperidine rings is 1. The van der Waals surface area contributed by atoms with E-state index in [0.29, 0.717) is 18.7 Å². The molecule has 1 heterocycles. The number of rotatable bonds is 5. The van der Waals surface area contributed by atoms with Gasteiger partial charge >= 0.3 is 0 Å². The summed E-state index contributed by atoms with van der Waals surface area (Å²) < 4.78 is 18.9. The Hall–Kier alpha value is -1.33. The third-order valence-corrected chi connectivity index (χ3v) is 5.78. The molecule has 0 unspecified atom stereocenters. The van der Waals surface area contributed by atoms with Gasteiger partial charge in [-0.2, -0.15) is 0 Å². The second-order valence-corrected chi connectivity index (χ2v) is 7.59. The Balaban J connectivity index is 0.00000243. The van der Waals surface area contributed by atoms with E-state index in [1.807, 2.05) is 4.90 Å². The van der Waals surface area contributed by atoms with Gasteiger partial charge in [-0.25, -0.2) is 4.39 Å². The molecule has 1 amide bonds. The van der Waals surface area contributed by atoms with Crippen LogP contribution in [0.5, 0.6) is 5.75 Å². The highest BCUT2D eigenvalue weighted by molar-refractivity contribution is 5.85. The Kier molecular flexibility index (Phi) is 7.71. The van der Waals surface area contributed by atoms with Crippen LogP contribution in [0.15, 0.2) is 24.3 Å². The number of benzene rings is 1. The Bertz CT molecular complexity index is 568. The van der Waals surface area contributed by atoms with Crippen LogP contribution in [0, 0.1) is 11.2 Å². The van der Waals surface area contributed by atoms with Crippen LogP contribution in [0.1, 0.15) is 51.4 Å². The minimum absolute atomic E-state index is 0. The highest BCUT2D eigenvalue weighted by atomic mass is 35.5. The highest BCUT2D eigenvalue weighted by Crippen LogP contribution is 2.39. The van der Waals surface area contributed by atoms with E-state index < -0.39 is 0 Å². The summed E-state index contributed by atoms with van der Waals surface area (Å²) in [6, 6.07) is 6.12. The zero-order chi connectivity index (χ0) is 17.7. The van der Waals surface area contributed by atoms with Crippen LogP contribution in [0.2, 0.25) is 0 Å². The standard InChI is InChI=1S/C20H29FN2O2.ClH/c21-16-4-6-17(7-5-16)25-18-8-12-23(13-9-18)19(24)14-20(15-22)10-2-1-3-11-20;/h4-7,18H,1-3,8-15,22H2;1H. The number of nitrogens with zero attached hydrogens (tertiary/aromatic N) is 1. The predicted molar refractivity (Wildman–Crippen MR) is 103 cm³/mol. The first-order valence-electron chi connectivity index (χ1n) is 9.50. The van der Waals surface area contributed by atoms with Gasteiger partial charge in [-0.3, -0.25) is 4.79 Å². The number of amides is 1. The summed E-state index contributed by atoms with van der Waals surface area (Å²) in [5.74, 6) is 0.673.